The van der Waals surface area contributed by atoms with Crippen LogP contribution in [0.1, 0.15) is 22.3 Å². The fraction of sp³-hybridized carbons (Fsp3) is 0.111. The molecule has 3 amide bonds. The zero-order chi connectivity index (χ0) is 22.9. The standard InChI is InChI=1S/C27H22FN3O2/c1-18-6-8-19(9-7-18)15-30-17-21(23-4-2-3-5-25(23)30)14-24-26(32)31(27(33)29-24)16-20-10-12-22(28)13-11-20/h2-14,17H,15-16H2,1H3,(H,29,33)/b24-14+. The monoisotopic (exact) mass is 439 g/mol. The van der Waals surface area contributed by atoms with Crippen molar-refractivity contribution in [2.45, 2.75) is 20.0 Å². The van der Waals surface area contributed by atoms with Gasteiger partial charge in [0.2, 0.25) is 0 Å². The number of halogens is 1. The van der Waals surface area contributed by atoms with Crippen molar-refractivity contribution in [1.82, 2.24) is 14.8 Å². The number of imide groups is 1. The van der Waals surface area contributed by atoms with Gasteiger partial charge in [-0.1, -0.05) is 60.2 Å². The zero-order valence-electron chi connectivity index (χ0n) is 18.1. The summed E-state index contributed by atoms with van der Waals surface area (Å²) in [6.07, 6.45) is 3.72. The van der Waals surface area contributed by atoms with Crippen molar-refractivity contribution in [3.8, 4) is 0 Å². The minimum absolute atomic E-state index is 0.0808. The number of carbonyl (C=O) groups excluding carboxylic acids is 2. The van der Waals surface area contributed by atoms with Crippen LogP contribution in [0.25, 0.3) is 17.0 Å². The van der Waals surface area contributed by atoms with Crippen LogP contribution in [-0.4, -0.2) is 21.4 Å². The van der Waals surface area contributed by atoms with Crippen molar-refractivity contribution in [2.75, 3.05) is 0 Å². The molecule has 0 radical (unpaired) electrons. The molecule has 2 heterocycles. The van der Waals surface area contributed by atoms with Gasteiger partial charge in [0, 0.05) is 29.2 Å². The number of rotatable bonds is 5. The average Bonchev–Trinajstić information content (AvgIpc) is 3.29. The van der Waals surface area contributed by atoms with Gasteiger partial charge in [-0.3, -0.25) is 9.69 Å². The molecular formula is C27H22FN3O2. The molecule has 0 unspecified atom stereocenters. The predicted octanol–water partition coefficient (Wildman–Crippen LogP) is 5.23. The quantitative estimate of drug-likeness (QED) is 0.342. The highest BCUT2D eigenvalue weighted by Crippen LogP contribution is 2.26. The minimum atomic E-state index is -0.487. The maximum atomic E-state index is 13.2. The Bertz CT molecular complexity index is 1390. The number of fused-ring (bicyclic) bond motifs is 1. The first-order valence-electron chi connectivity index (χ1n) is 10.7. The summed E-state index contributed by atoms with van der Waals surface area (Å²) in [5.74, 6) is -0.766. The second-order valence-electron chi connectivity index (χ2n) is 8.22. The molecule has 1 N–H and O–H groups in total. The van der Waals surface area contributed by atoms with Crippen LogP contribution in [0.5, 0.6) is 0 Å². The number of carbonyl (C=O) groups is 2. The van der Waals surface area contributed by atoms with E-state index in [0.29, 0.717) is 12.1 Å². The SMILES string of the molecule is Cc1ccc(Cn2cc(/C=C3/NC(=O)N(Cc4ccc(F)cc4)C3=O)c3ccccc32)cc1. The van der Waals surface area contributed by atoms with Gasteiger partial charge in [-0.05, 0) is 42.3 Å². The molecule has 0 bridgehead atoms. The number of hydrogen-bond acceptors (Lipinski definition) is 2. The Morgan fingerprint density at radius 2 is 1.55 bits per heavy atom. The Balaban J connectivity index is 1.45. The van der Waals surface area contributed by atoms with Crippen molar-refractivity contribution in [3.63, 3.8) is 0 Å². The van der Waals surface area contributed by atoms with Gasteiger partial charge in [-0.25, -0.2) is 9.18 Å². The summed E-state index contributed by atoms with van der Waals surface area (Å²) in [5.41, 5.74) is 5.18. The zero-order valence-corrected chi connectivity index (χ0v) is 18.1. The van der Waals surface area contributed by atoms with Crippen molar-refractivity contribution in [2.24, 2.45) is 0 Å². The van der Waals surface area contributed by atoms with E-state index in [4.69, 9.17) is 0 Å². The van der Waals surface area contributed by atoms with Crippen molar-refractivity contribution >= 4 is 28.9 Å². The molecular weight excluding hydrogens is 417 g/mol. The second-order valence-corrected chi connectivity index (χ2v) is 8.22. The molecule has 5 nitrogen and oxygen atoms in total. The number of nitrogens with one attached hydrogen (secondary N) is 1. The lowest BCUT2D eigenvalue weighted by Crippen LogP contribution is -2.30. The molecule has 3 aromatic carbocycles. The van der Waals surface area contributed by atoms with Crippen molar-refractivity contribution in [3.05, 3.63) is 113 Å². The van der Waals surface area contributed by atoms with Gasteiger partial charge in [0.15, 0.2) is 0 Å². The first-order chi connectivity index (χ1) is 16.0. The van der Waals surface area contributed by atoms with Crippen LogP contribution in [0.4, 0.5) is 9.18 Å². The van der Waals surface area contributed by atoms with E-state index in [9.17, 15) is 14.0 Å². The number of urea groups is 1. The summed E-state index contributed by atoms with van der Waals surface area (Å²) in [7, 11) is 0. The van der Waals surface area contributed by atoms with Crippen LogP contribution in [-0.2, 0) is 17.9 Å². The molecule has 0 spiro atoms. The normalized spacial score (nSPS) is 15.0. The van der Waals surface area contributed by atoms with Crippen LogP contribution in [0.15, 0.2) is 84.7 Å². The molecule has 0 aliphatic carbocycles. The smallest absolute Gasteiger partial charge is 0.329 e. The van der Waals surface area contributed by atoms with Gasteiger partial charge in [0.25, 0.3) is 5.91 Å². The molecule has 1 saturated heterocycles. The molecule has 5 rings (SSSR count). The van der Waals surface area contributed by atoms with Crippen molar-refractivity contribution in [1.29, 1.82) is 0 Å². The number of aryl methyl sites for hydroxylation is 1. The van der Waals surface area contributed by atoms with Crippen molar-refractivity contribution < 1.29 is 14.0 Å². The van der Waals surface area contributed by atoms with Gasteiger partial charge in [-0.2, -0.15) is 0 Å². The molecule has 4 aromatic rings. The molecule has 0 atom stereocenters. The number of para-hydroxylation sites is 1. The topological polar surface area (TPSA) is 54.3 Å². The van der Waals surface area contributed by atoms with Crippen LogP contribution in [0.2, 0.25) is 0 Å². The second kappa shape index (κ2) is 8.39. The Hall–Kier alpha value is -4.19. The van der Waals surface area contributed by atoms with Gasteiger partial charge in [0.1, 0.15) is 11.5 Å². The summed E-state index contributed by atoms with van der Waals surface area (Å²) in [6.45, 7) is 2.84. The third kappa shape index (κ3) is 4.15. The summed E-state index contributed by atoms with van der Waals surface area (Å²) in [5, 5.41) is 3.68. The maximum absolute atomic E-state index is 13.2. The molecule has 1 fully saturated rings. The van der Waals surface area contributed by atoms with Crippen LogP contribution in [0, 0.1) is 12.7 Å². The summed E-state index contributed by atoms with van der Waals surface area (Å²) < 4.78 is 15.3. The van der Waals surface area contributed by atoms with E-state index in [-0.39, 0.29) is 18.1 Å². The molecule has 164 valence electrons. The Kier molecular flexibility index (Phi) is 5.26. The summed E-state index contributed by atoms with van der Waals surface area (Å²) >= 11 is 0. The fourth-order valence-electron chi connectivity index (χ4n) is 4.05. The Labute approximate surface area is 190 Å². The number of hydrogen-bond donors (Lipinski definition) is 1. The molecule has 0 saturated carbocycles. The number of aromatic nitrogens is 1. The van der Waals surface area contributed by atoms with E-state index >= 15 is 0 Å². The van der Waals surface area contributed by atoms with Crippen LogP contribution in [0.3, 0.4) is 0 Å². The van der Waals surface area contributed by atoms with Crippen LogP contribution < -0.4 is 5.32 Å². The number of benzene rings is 3. The number of nitrogens with zero attached hydrogens (tertiary/aromatic N) is 2. The van der Waals surface area contributed by atoms with Gasteiger partial charge in [-0.15, -0.1) is 0 Å². The first kappa shape index (κ1) is 20.7. The van der Waals surface area contributed by atoms with E-state index in [1.165, 1.54) is 23.3 Å². The number of amides is 3. The highest BCUT2D eigenvalue weighted by atomic mass is 19.1. The molecule has 6 heteroatoms. The van der Waals surface area contributed by atoms with E-state index in [2.05, 4.69) is 41.1 Å². The van der Waals surface area contributed by atoms with E-state index in [0.717, 1.165) is 21.4 Å². The lowest BCUT2D eigenvalue weighted by atomic mass is 10.1. The summed E-state index contributed by atoms with van der Waals surface area (Å²) in [6, 6.07) is 21.7. The van der Waals surface area contributed by atoms with Crippen LogP contribution >= 0.6 is 0 Å². The highest BCUT2D eigenvalue weighted by Gasteiger charge is 2.33. The first-order valence-corrected chi connectivity index (χ1v) is 10.7. The summed E-state index contributed by atoms with van der Waals surface area (Å²) in [4.78, 5) is 26.5. The largest absolute Gasteiger partial charge is 0.342 e. The lowest BCUT2D eigenvalue weighted by Gasteiger charge is -2.11. The van der Waals surface area contributed by atoms with Gasteiger partial charge in [0.05, 0.1) is 6.54 Å². The molecule has 1 aliphatic heterocycles. The highest BCUT2D eigenvalue weighted by molar-refractivity contribution is 6.14. The van der Waals surface area contributed by atoms with E-state index < -0.39 is 11.9 Å². The third-order valence-electron chi connectivity index (χ3n) is 5.81. The van der Waals surface area contributed by atoms with E-state index in [1.54, 1.807) is 18.2 Å². The predicted molar refractivity (Wildman–Crippen MR) is 126 cm³/mol. The Morgan fingerprint density at radius 1 is 0.879 bits per heavy atom. The average molecular weight is 439 g/mol. The van der Waals surface area contributed by atoms with Gasteiger partial charge >= 0.3 is 6.03 Å². The fourth-order valence-corrected chi connectivity index (χ4v) is 4.05. The third-order valence-corrected chi connectivity index (χ3v) is 5.81. The molecule has 33 heavy (non-hydrogen) atoms. The lowest BCUT2D eigenvalue weighted by molar-refractivity contribution is -0.123. The maximum Gasteiger partial charge on any atom is 0.329 e. The van der Waals surface area contributed by atoms with E-state index in [1.807, 2.05) is 30.5 Å². The van der Waals surface area contributed by atoms with Gasteiger partial charge < -0.3 is 9.88 Å². The molecule has 1 aliphatic rings. The minimum Gasteiger partial charge on any atom is -0.342 e. The Morgan fingerprint density at radius 3 is 2.30 bits per heavy atom. The molecule has 1 aromatic heterocycles.